The molecule has 1 heterocycles. The summed E-state index contributed by atoms with van der Waals surface area (Å²) >= 11 is 0. The van der Waals surface area contributed by atoms with Gasteiger partial charge in [0.1, 0.15) is 5.82 Å². The quantitative estimate of drug-likeness (QED) is 0.849. The van der Waals surface area contributed by atoms with E-state index in [0.717, 1.165) is 37.3 Å². The van der Waals surface area contributed by atoms with Crippen molar-refractivity contribution >= 4 is 15.9 Å². The molecule has 25 heavy (non-hydrogen) atoms. The van der Waals surface area contributed by atoms with Crippen molar-refractivity contribution in [2.75, 3.05) is 0 Å². The Morgan fingerprint density at radius 3 is 2.36 bits per heavy atom. The summed E-state index contributed by atoms with van der Waals surface area (Å²) in [5.41, 5.74) is 0.805. The minimum absolute atomic E-state index is 0.130. The Labute approximate surface area is 145 Å². The third-order valence-electron chi connectivity index (χ3n) is 4.47. The van der Waals surface area contributed by atoms with E-state index in [0.29, 0.717) is 0 Å². The lowest BCUT2D eigenvalue weighted by molar-refractivity contribution is 0.0888. The van der Waals surface area contributed by atoms with Gasteiger partial charge in [-0.05, 0) is 48.6 Å². The summed E-state index contributed by atoms with van der Waals surface area (Å²) in [6.45, 7) is 0. The Bertz CT molecular complexity index is 855. The van der Waals surface area contributed by atoms with Crippen LogP contribution >= 0.6 is 0 Å². The van der Waals surface area contributed by atoms with Crippen LogP contribution in [0.25, 0.3) is 0 Å². The molecule has 0 radical (unpaired) electrons. The molecule has 3 N–H and O–H groups in total. The first-order valence-corrected chi connectivity index (χ1v) is 9.58. The highest BCUT2D eigenvalue weighted by Gasteiger charge is 2.29. The zero-order chi connectivity index (χ0) is 18.0. The number of furan rings is 1. The van der Waals surface area contributed by atoms with Crippen LogP contribution in [-0.4, -0.2) is 14.3 Å². The molecule has 1 amide bonds. The van der Waals surface area contributed by atoms with Gasteiger partial charge in [0, 0.05) is 0 Å². The smallest absolute Gasteiger partial charge is 0.287 e. The first-order chi connectivity index (χ1) is 11.8. The topological polar surface area (TPSA) is 102 Å². The second-order valence-corrected chi connectivity index (χ2v) is 7.70. The summed E-state index contributed by atoms with van der Waals surface area (Å²) in [4.78, 5) is 12.5. The lowest BCUT2D eigenvalue weighted by atomic mass is 9.91. The number of carbonyl (C=O) groups is 1. The lowest BCUT2D eigenvalue weighted by Crippen LogP contribution is -2.32. The molecule has 3 rings (SSSR count). The molecule has 1 atom stereocenters. The number of nitrogens with two attached hydrogens (primary N) is 1. The van der Waals surface area contributed by atoms with E-state index in [1.54, 1.807) is 12.1 Å². The van der Waals surface area contributed by atoms with Crippen molar-refractivity contribution < 1.29 is 22.0 Å². The molecular weight excluding hydrogens is 347 g/mol. The van der Waals surface area contributed by atoms with Gasteiger partial charge in [-0.1, -0.05) is 25.0 Å². The SMILES string of the molecule is NS(=O)(=O)c1ccc(C(=O)N[C@@H](c2ccc(F)cc2)C2CCCC2)o1. The molecule has 0 spiro atoms. The van der Waals surface area contributed by atoms with Crippen LogP contribution in [0.15, 0.2) is 45.9 Å². The Hall–Kier alpha value is -2.19. The predicted octanol–water partition coefficient (Wildman–Crippen LogP) is 2.73. The van der Waals surface area contributed by atoms with Crippen LogP contribution in [0.1, 0.15) is 47.8 Å². The molecule has 0 saturated heterocycles. The number of halogens is 1. The van der Waals surface area contributed by atoms with Crippen LogP contribution in [0, 0.1) is 11.7 Å². The van der Waals surface area contributed by atoms with E-state index < -0.39 is 21.0 Å². The standard InChI is InChI=1S/C17H19FN2O4S/c18-13-7-5-12(6-8-13)16(11-3-1-2-4-11)20-17(21)14-9-10-15(24-14)25(19,22)23/h5-11,16H,1-4H2,(H,20,21)(H2,19,22,23)/t16-/m1/s1. The van der Waals surface area contributed by atoms with Gasteiger partial charge in [0.15, 0.2) is 5.76 Å². The molecule has 8 heteroatoms. The zero-order valence-electron chi connectivity index (χ0n) is 13.4. The van der Waals surface area contributed by atoms with Gasteiger partial charge in [-0.25, -0.2) is 17.9 Å². The molecule has 1 saturated carbocycles. The number of sulfonamides is 1. The molecule has 134 valence electrons. The maximum atomic E-state index is 13.2. The molecule has 1 aromatic heterocycles. The summed E-state index contributed by atoms with van der Waals surface area (Å²) in [6.07, 6.45) is 4.08. The lowest BCUT2D eigenvalue weighted by Gasteiger charge is -2.25. The van der Waals surface area contributed by atoms with E-state index in [1.165, 1.54) is 18.2 Å². The number of nitrogens with one attached hydrogen (secondary N) is 1. The van der Waals surface area contributed by atoms with Gasteiger partial charge in [0.25, 0.3) is 15.9 Å². The van der Waals surface area contributed by atoms with Crippen molar-refractivity contribution in [2.45, 2.75) is 36.8 Å². The van der Waals surface area contributed by atoms with Crippen molar-refractivity contribution in [3.63, 3.8) is 0 Å². The van der Waals surface area contributed by atoms with Gasteiger partial charge in [0.05, 0.1) is 6.04 Å². The summed E-state index contributed by atoms with van der Waals surface area (Å²) in [7, 11) is -4.00. The van der Waals surface area contributed by atoms with Gasteiger partial charge in [-0.15, -0.1) is 0 Å². The zero-order valence-corrected chi connectivity index (χ0v) is 14.3. The second-order valence-electron chi connectivity index (χ2n) is 6.21. The third-order valence-corrected chi connectivity index (χ3v) is 5.25. The number of hydrogen-bond donors (Lipinski definition) is 2. The predicted molar refractivity (Wildman–Crippen MR) is 88.6 cm³/mol. The van der Waals surface area contributed by atoms with Gasteiger partial charge < -0.3 is 9.73 Å². The molecule has 0 unspecified atom stereocenters. The molecule has 0 aliphatic heterocycles. The Morgan fingerprint density at radius 2 is 1.80 bits per heavy atom. The normalized spacial score (nSPS) is 16.7. The summed E-state index contributed by atoms with van der Waals surface area (Å²) in [6, 6.07) is 8.13. The highest BCUT2D eigenvalue weighted by Crippen LogP contribution is 2.36. The molecule has 1 aliphatic rings. The summed E-state index contributed by atoms with van der Waals surface area (Å²) in [5.74, 6) is -0.767. The first kappa shape index (κ1) is 17.6. The Balaban J connectivity index is 1.83. The van der Waals surface area contributed by atoms with Crippen molar-refractivity contribution in [2.24, 2.45) is 11.1 Å². The number of amides is 1. The molecule has 0 bridgehead atoms. The van der Waals surface area contributed by atoms with E-state index in [1.807, 2.05) is 0 Å². The largest absolute Gasteiger partial charge is 0.438 e. The maximum Gasteiger partial charge on any atom is 0.287 e. The van der Waals surface area contributed by atoms with E-state index >= 15 is 0 Å². The number of benzene rings is 1. The average molecular weight is 366 g/mol. The van der Waals surface area contributed by atoms with Crippen LogP contribution in [0.3, 0.4) is 0 Å². The van der Waals surface area contributed by atoms with E-state index in [-0.39, 0.29) is 23.5 Å². The fourth-order valence-corrected chi connectivity index (χ4v) is 3.71. The average Bonchev–Trinajstić information content (AvgIpc) is 3.24. The Kier molecular flexibility index (Phi) is 4.91. The van der Waals surface area contributed by atoms with Crippen molar-refractivity contribution in [3.8, 4) is 0 Å². The molecular formula is C17H19FN2O4S. The summed E-state index contributed by atoms with van der Waals surface area (Å²) in [5, 5.41) is 7.41. The number of hydrogen-bond acceptors (Lipinski definition) is 4. The molecule has 1 aliphatic carbocycles. The highest BCUT2D eigenvalue weighted by atomic mass is 32.2. The van der Waals surface area contributed by atoms with Crippen LogP contribution in [-0.2, 0) is 10.0 Å². The molecule has 2 aromatic rings. The maximum absolute atomic E-state index is 13.2. The Morgan fingerprint density at radius 1 is 1.16 bits per heavy atom. The van der Waals surface area contributed by atoms with Crippen LogP contribution < -0.4 is 10.5 Å². The van der Waals surface area contributed by atoms with Gasteiger partial charge in [-0.3, -0.25) is 4.79 Å². The van der Waals surface area contributed by atoms with Crippen molar-refractivity contribution in [3.05, 3.63) is 53.5 Å². The van der Waals surface area contributed by atoms with Gasteiger partial charge >= 0.3 is 0 Å². The van der Waals surface area contributed by atoms with Crippen LogP contribution in [0.5, 0.6) is 0 Å². The van der Waals surface area contributed by atoms with E-state index in [2.05, 4.69) is 5.32 Å². The molecule has 6 nitrogen and oxygen atoms in total. The van der Waals surface area contributed by atoms with Crippen LogP contribution in [0.4, 0.5) is 4.39 Å². The minimum Gasteiger partial charge on any atom is -0.438 e. The third kappa shape index (κ3) is 4.08. The fourth-order valence-electron chi connectivity index (χ4n) is 3.24. The minimum atomic E-state index is -4.00. The monoisotopic (exact) mass is 366 g/mol. The van der Waals surface area contributed by atoms with E-state index in [9.17, 15) is 17.6 Å². The van der Waals surface area contributed by atoms with Gasteiger partial charge in [-0.2, -0.15) is 0 Å². The number of carbonyl (C=O) groups excluding carboxylic acids is 1. The fraction of sp³-hybridized carbons (Fsp3) is 0.353. The van der Waals surface area contributed by atoms with Gasteiger partial charge in [0.2, 0.25) is 5.09 Å². The first-order valence-electron chi connectivity index (χ1n) is 8.03. The van der Waals surface area contributed by atoms with Crippen LogP contribution in [0.2, 0.25) is 0 Å². The molecule has 1 aromatic carbocycles. The number of primary sulfonamides is 1. The molecule has 1 fully saturated rings. The second kappa shape index (κ2) is 6.97. The highest BCUT2D eigenvalue weighted by molar-refractivity contribution is 7.89. The number of rotatable bonds is 5. The van der Waals surface area contributed by atoms with Crippen molar-refractivity contribution in [1.29, 1.82) is 0 Å². The van der Waals surface area contributed by atoms with E-state index in [4.69, 9.17) is 9.56 Å². The van der Waals surface area contributed by atoms with Crippen molar-refractivity contribution in [1.82, 2.24) is 5.32 Å². The summed E-state index contributed by atoms with van der Waals surface area (Å²) < 4.78 is 40.8.